The average molecular weight is 487 g/mol. The summed E-state index contributed by atoms with van der Waals surface area (Å²) in [7, 11) is 1.68. The molecule has 0 spiro atoms. The summed E-state index contributed by atoms with van der Waals surface area (Å²) in [4.78, 5) is 4.88. The molecular weight excluding hydrogens is 456 g/mol. The lowest BCUT2D eigenvalue weighted by Crippen LogP contribution is -2.37. The van der Waals surface area contributed by atoms with Gasteiger partial charge >= 0.3 is 0 Å². The Labute approximate surface area is 217 Å². The van der Waals surface area contributed by atoms with Gasteiger partial charge < -0.3 is 14.4 Å². The minimum absolute atomic E-state index is 0.623. The van der Waals surface area contributed by atoms with Crippen molar-refractivity contribution in [1.29, 1.82) is 0 Å². The Morgan fingerprint density at radius 2 is 1.38 bits per heavy atom. The van der Waals surface area contributed by atoms with Crippen molar-refractivity contribution < 1.29 is 9.84 Å². The van der Waals surface area contributed by atoms with Gasteiger partial charge in [-0.05, 0) is 59.2 Å². The number of benzene rings is 4. The quantitative estimate of drug-likeness (QED) is 0.286. The molecule has 4 heteroatoms. The van der Waals surface area contributed by atoms with Crippen molar-refractivity contribution in [3.05, 3.63) is 155 Å². The maximum Gasteiger partial charge on any atom is 0.133 e. The van der Waals surface area contributed by atoms with Gasteiger partial charge in [0, 0.05) is 6.20 Å². The van der Waals surface area contributed by atoms with Gasteiger partial charge in [-0.3, -0.25) is 0 Å². The van der Waals surface area contributed by atoms with Gasteiger partial charge in [0.25, 0.3) is 0 Å². The first-order chi connectivity index (χ1) is 18.2. The fraction of sp³-hybridized carbons (Fsp3) is 0.182. The fourth-order valence-corrected chi connectivity index (χ4v) is 5.95. The van der Waals surface area contributed by atoms with Crippen molar-refractivity contribution in [3.63, 3.8) is 0 Å². The van der Waals surface area contributed by atoms with Gasteiger partial charge in [0.1, 0.15) is 16.9 Å². The van der Waals surface area contributed by atoms with Crippen LogP contribution in [-0.2, 0) is 17.6 Å². The molecule has 1 aromatic heterocycles. The van der Waals surface area contributed by atoms with E-state index in [1.54, 1.807) is 7.11 Å². The van der Waals surface area contributed by atoms with Crippen LogP contribution in [0, 0.1) is 0 Å². The first-order valence-corrected chi connectivity index (χ1v) is 12.8. The Morgan fingerprint density at radius 3 is 1.92 bits per heavy atom. The van der Waals surface area contributed by atoms with Gasteiger partial charge in [-0.15, -0.1) is 0 Å². The van der Waals surface area contributed by atoms with Crippen LogP contribution >= 0.6 is 0 Å². The Hall–Kier alpha value is -4.15. The van der Waals surface area contributed by atoms with E-state index in [1.807, 2.05) is 48.9 Å². The SMILES string of the molecule is COc1ccc2c(c1)CCCC2(O)c1cn(C(c2ccccc2)(c2ccccc2)c2ccccc2)cn1. The van der Waals surface area contributed by atoms with Crippen molar-refractivity contribution in [1.82, 2.24) is 9.55 Å². The number of fused-ring (bicyclic) bond motifs is 1. The summed E-state index contributed by atoms with van der Waals surface area (Å²) < 4.78 is 7.61. The van der Waals surface area contributed by atoms with Crippen molar-refractivity contribution in [2.45, 2.75) is 30.4 Å². The molecule has 0 saturated heterocycles. The van der Waals surface area contributed by atoms with E-state index in [9.17, 15) is 5.11 Å². The molecule has 37 heavy (non-hydrogen) atoms. The number of ether oxygens (including phenoxy) is 1. The number of hydrogen-bond donors (Lipinski definition) is 1. The molecule has 1 aliphatic carbocycles. The van der Waals surface area contributed by atoms with Crippen LogP contribution in [0.3, 0.4) is 0 Å². The highest BCUT2D eigenvalue weighted by Crippen LogP contribution is 2.44. The lowest BCUT2D eigenvalue weighted by molar-refractivity contribution is 0.0573. The molecule has 0 radical (unpaired) electrons. The van der Waals surface area contributed by atoms with Crippen LogP contribution in [0.2, 0.25) is 0 Å². The van der Waals surface area contributed by atoms with Crippen LogP contribution in [0.4, 0.5) is 0 Å². The predicted octanol–water partition coefficient (Wildman–Crippen LogP) is 6.30. The molecular formula is C33H30N2O2. The average Bonchev–Trinajstić information content (AvgIpc) is 3.47. The van der Waals surface area contributed by atoms with Crippen LogP contribution in [0.15, 0.2) is 122 Å². The van der Waals surface area contributed by atoms with Gasteiger partial charge in [-0.25, -0.2) is 4.98 Å². The summed E-state index contributed by atoms with van der Waals surface area (Å²) in [6.45, 7) is 0. The predicted molar refractivity (Wildman–Crippen MR) is 146 cm³/mol. The molecule has 4 aromatic carbocycles. The highest BCUT2D eigenvalue weighted by molar-refractivity contribution is 5.51. The third-order valence-corrected chi connectivity index (χ3v) is 7.71. The second kappa shape index (κ2) is 9.38. The van der Waals surface area contributed by atoms with E-state index < -0.39 is 11.1 Å². The van der Waals surface area contributed by atoms with Crippen molar-refractivity contribution in [2.24, 2.45) is 0 Å². The van der Waals surface area contributed by atoms with Crippen molar-refractivity contribution in [3.8, 4) is 5.75 Å². The van der Waals surface area contributed by atoms with Gasteiger partial charge in [0.05, 0.1) is 19.1 Å². The summed E-state index contributed by atoms with van der Waals surface area (Å²) in [5, 5.41) is 12.1. The summed E-state index contributed by atoms with van der Waals surface area (Å²) in [5.41, 5.74) is 4.22. The van der Waals surface area contributed by atoms with Gasteiger partial charge in [-0.1, -0.05) is 97.1 Å². The topological polar surface area (TPSA) is 47.3 Å². The van der Waals surface area contributed by atoms with Crippen LogP contribution in [0.25, 0.3) is 0 Å². The third kappa shape index (κ3) is 3.76. The molecule has 4 nitrogen and oxygen atoms in total. The fourth-order valence-electron chi connectivity index (χ4n) is 5.95. The molecule has 1 unspecified atom stereocenters. The van der Waals surface area contributed by atoms with E-state index in [-0.39, 0.29) is 0 Å². The molecule has 0 aliphatic heterocycles. The van der Waals surface area contributed by atoms with Gasteiger partial charge in [-0.2, -0.15) is 0 Å². The maximum atomic E-state index is 12.1. The molecule has 6 rings (SSSR count). The Balaban J connectivity index is 1.58. The molecule has 184 valence electrons. The standard InChI is InChI=1S/C33H30N2O2/c1-37-29-19-20-30-25(22-29)12-11-21-32(30,36)31-23-35(24-34-31)33(26-13-5-2-6-14-26,27-15-7-3-8-16-27)28-17-9-4-10-18-28/h2-10,13-20,22-24,36H,11-12,21H2,1H3. The second-order valence-electron chi connectivity index (χ2n) is 9.71. The molecule has 5 aromatic rings. The number of hydrogen-bond acceptors (Lipinski definition) is 3. The third-order valence-electron chi connectivity index (χ3n) is 7.71. The second-order valence-corrected chi connectivity index (χ2v) is 9.71. The van der Waals surface area contributed by atoms with E-state index in [4.69, 9.17) is 9.72 Å². The number of aromatic nitrogens is 2. The summed E-state index contributed by atoms with van der Waals surface area (Å²) in [6.07, 6.45) is 6.32. The first kappa shape index (κ1) is 23.3. The van der Waals surface area contributed by atoms with Crippen LogP contribution in [0.5, 0.6) is 5.75 Å². The molecule has 0 saturated carbocycles. The van der Waals surface area contributed by atoms with Gasteiger partial charge in [0.15, 0.2) is 0 Å². The molecule has 0 amide bonds. The zero-order valence-electron chi connectivity index (χ0n) is 20.9. The lowest BCUT2D eigenvalue weighted by Gasteiger charge is -2.38. The number of aliphatic hydroxyl groups is 1. The normalized spacial score (nSPS) is 17.2. The first-order valence-electron chi connectivity index (χ1n) is 12.8. The highest BCUT2D eigenvalue weighted by Gasteiger charge is 2.42. The van der Waals surface area contributed by atoms with E-state index >= 15 is 0 Å². The number of imidazole rings is 1. The molecule has 1 aliphatic rings. The van der Waals surface area contributed by atoms with E-state index in [2.05, 4.69) is 77.4 Å². The maximum absolute atomic E-state index is 12.1. The molecule has 0 bridgehead atoms. The molecule has 0 fully saturated rings. The van der Waals surface area contributed by atoms with Crippen molar-refractivity contribution >= 4 is 0 Å². The zero-order chi connectivity index (χ0) is 25.3. The molecule has 1 heterocycles. The highest BCUT2D eigenvalue weighted by atomic mass is 16.5. The minimum Gasteiger partial charge on any atom is -0.497 e. The van der Waals surface area contributed by atoms with Crippen LogP contribution in [-0.4, -0.2) is 21.8 Å². The molecule has 1 N–H and O–H groups in total. The number of methoxy groups -OCH3 is 1. The monoisotopic (exact) mass is 486 g/mol. The summed E-state index contributed by atoms with van der Waals surface area (Å²) >= 11 is 0. The Kier molecular flexibility index (Phi) is 5.90. The molecule has 1 atom stereocenters. The zero-order valence-corrected chi connectivity index (χ0v) is 20.9. The Morgan fingerprint density at radius 1 is 0.811 bits per heavy atom. The van der Waals surface area contributed by atoms with E-state index in [1.165, 1.54) is 0 Å². The summed E-state index contributed by atoms with van der Waals surface area (Å²) in [6, 6.07) is 37.5. The lowest BCUT2D eigenvalue weighted by atomic mass is 9.76. The summed E-state index contributed by atoms with van der Waals surface area (Å²) in [5.74, 6) is 0.810. The van der Waals surface area contributed by atoms with Crippen LogP contribution in [0.1, 0.15) is 46.4 Å². The number of nitrogens with zero attached hydrogens (tertiary/aromatic N) is 2. The number of rotatable bonds is 6. The smallest absolute Gasteiger partial charge is 0.133 e. The largest absolute Gasteiger partial charge is 0.497 e. The van der Waals surface area contributed by atoms with Crippen LogP contribution < -0.4 is 4.74 Å². The van der Waals surface area contributed by atoms with E-state index in [0.717, 1.165) is 46.4 Å². The van der Waals surface area contributed by atoms with Gasteiger partial charge in [0.2, 0.25) is 0 Å². The number of aryl methyl sites for hydroxylation is 1. The van der Waals surface area contributed by atoms with Crippen molar-refractivity contribution in [2.75, 3.05) is 7.11 Å². The van der Waals surface area contributed by atoms with E-state index in [0.29, 0.717) is 12.1 Å². The minimum atomic E-state index is -1.17. The Bertz CT molecular complexity index is 1400.